The first-order chi connectivity index (χ1) is 24.5. The molecule has 2 aliphatic heterocycles. The number of hydrogen-bond donors (Lipinski definition) is 4. The van der Waals surface area contributed by atoms with E-state index >= 15 is 0 Å². The second-order valence-electron chi connectivity index (χ2n) is 11.8. The van der Waals surface area contributed by atoms with Crippen molar-refractivity contribution in [3.63, 3.8) is 0 Å². The zero-order chi connectivity index (χ0) is 36.9. The molecule has 0 spiro atoms. The van der Waals surface area contributed by atoms with Gasteiger partial charge in [-0.25, -0.2) is 9.59 Å². The molecular formula is C39H42N2O8S2. The lowest BCUT2D eigenvalue weighted by Crippen LogP contribution is -2.46. The van der Waals surface area contributed by atoms with Gasteiger partial charge in [0.15, 0.2) is 5.78 Å². The number of carboxylic acid groups (broad SMARTS) is 2. The van der Waals surface area contributed by atoms with Gasteiger partial charge in [-0.05, 0) is 84.9 Å². The van der Waals surface area contributed by atoms with E-state index in [9.17, 15) is 24.6 Å². The Morgan fingerprint density at radius 2 is 1.53 bits per heavy atom. The van der Waals surface area contributed by atoms with Gasteiger partial charge in [-0.15, -0.1) is 11.8 Å². The van der Waals surface area contributed by atoms with Crippen molar-refractivity contribution in [1.29, 1.82) is 0 Å². The maximum absolute atomic E-state index is 12.0. The maximum Gasteiger partial charge on any atom is 0.328 e. The van der Waals surface area contributed by atoms with Crippen LogP contribution in [0.25, 0.3) is 0 Å². The summed E-state index contributed by atoms with van der Waals surface area (Å²) in [7, 11) is 3.81. The minimum Gasteiger partial charge on any atom is -0.508 e. The summed E-state index contributed by atoms with van der Waals surface area (Å²) in [5, 5.41) is 34.4. The lowest BCUT2D eigenvalue weighted by Gasteiger charge is -2.38. The molecule has 0 aliphatic carbocycles. The highest BCUT2D eigenvalue weighted by Crippen LogP contribution is 2.44. The van der Waals surface area contributed by atoms with Gasteiger partial charge in [0.05, 0.1) is 12.7 Å². The Hall–Kier alpha value is -4.75. The number of methoxy groups -OCH3 is 1. The summed E-state index contributed by atoms with van der Waals surface area (Å²) in [5.41, 5.74) is 4.05. The highest BCUT2D eigenvalue weighted by molar-refractivity contribution is 7.99. The fourth-order valence-electron chi connectivity index (χ4n) is 5.60. The van der Waals surface area contributed by atoms with Crippen LogP contribution in [0.2, 0.25) is 0 Å². The van der Waals surface area contributed by atoms with E-state index in [4.69, 9.17) is 14.9 Å². The number of nitrogens with zero attached hydrogens (tertiary/aromatic N) is 2. The molecule has 10 nitrogen and oxygen atoms in total. The lowest BCUT2D eigenvalue weighted by molar-refractivity contribution is -0.134. The molecule has 4 aromatic rings. The van der Waals surface area contributed by atoms with Gasteiger partial charge in [0.1, 0.15) is 17.2 Å². The van der Waals surface area contributed by atoms with Crippen molar-refractivity contribution < 1.29 is 39.5 Å². The molecule has 0 saturated carbocycles. The lowest BCUT2D eigenvalue weighted by atomic mass is 9.96. The molecule has 6 rings (SSSR count). The van der Waals surface area contributed by atoms with Gasteiger partial charge >= 0.3 is 11.9 Å². The van der Waals surface area contributed by atoms with E-state index in [0.29, 0.717) is 18.2 Å². The molecule has 51 heavy (non-hydrogen) atoms. The number of benzene rings is 4. The Balaban J connectivity index is 0.000000193. The van der Waals surface area contributed by atoms with E-state index in [2.05, 4.69) is 65.6 Å². The van der Waals surface area contributed by atoms with Gasteiger partial charge in [0, 0.05) is 71.5 Å². The van der Waals surface area contributed by atoms with E-state index in [1.165, 1.54) is 51.0 Å². The predicted molar refractivity (Wildman–Crippen MR) is 200 cm³/mol. The number of fused-ring (bicyclic) bond motifs is 2. The molecule has 12 heteroatoms. The quantitative estimate of drug-likeness (QED) is 0.0875. The van der Waals surface area contributed by atoms with Crippen LogP contribution in [0, 0.1) is 0 Å². The number of carbonyl (C=O) groups excluding carboxylic acids is 1. The second-order valence-corrected chi connectivity index (χ2v) is 13.8. The number of phenolic OH excluding ortho intramolecular Hbond substituents is 2. The Bertz CT molecular complexity index is 1820. The summed E-state index contributed by atoms with van der Waals surface area (Å²) in [5.74, 6) is -2.27. The molecule has 0 radical (unpaired) electrons. The molecule has 2 heterocycles. The molecule has 1 unspecified atom stereocenters. The highest BCUT2D eigenvalue weighted by atomic mass is 32.2. The van der Waals surface area contributed by atoms with Crippen LogP contribution in [-0.2, 0) is 22.4 Å². The fraction of sp³-hybridized carbons (Fsp3) is 0.256. The first-order valence-electron chi connectivity index (χ1n) is 16.2. The number of carbonyl (C=O) groups is 3. The van der Waals surface area contributed by atoms with Crippen molar-refractivity contribution in [2.75, 3.05) is 46.6 Å². The molecule has 1 atom stereocenters. The number of likely N-dealkylation sites (N-methyl/N-ethyl adjacent to an activating group) is 1. The number of ketones is 1. The van der Waals surface area contributed by atoms with Gasteiger partial charge in [-0.2, -0.15) is 0 Å². The standard InChI is InChI=1S/C20H24N2S2.C15H14O4.C4H4O4/c1-21-9-11-22(12-10-21)18-13-15-5-3-4-6-19(15)24-20-8-7-16(23-2)14-17(18)20;1-19-12-5-2-10(3-6-12)8-14(17)13-7-4-11(16)9-15(13)18;5-3(6)1-2-4(7)8/h3-8,14,18H,9-13H2,1-2H3;2-7,9,16,18H,8H2,1H3;1-2H,(H,5,6)(H,7,8). The number of piperazine rings is 1. The average molecular weight is 731 g/mol. The predicted octanol–water partition coefficient (Wildman–Crippen LogP) is 6.65. The molecule has 1 saturated heterocycles. The van der Waals surface area contributed by atoms with Crippen molar-refractivity contribution in [2.24, 2.45) is 0 Å². The molecule has 4 aromatic carbocycles. The smallest absolute Gasteiger partial charge is 0.328 e. The first kappa shape index (κ1) is 39.0. The summed E-state index contributed by atoms with van der Waals surface area (Å²) in [4.78, 5) is 40.5. The second kappa shape index (κ2) is 19.0. The van der Waals surface area contributed by atoms with Crippen molar-refractivity contribution in [2.45, 2.75) is 33.6 Å². The van der Waals surface area contributed by atoms with Crippen LogP contribution in [0.15, 0.2) is 112 Å². The Morgan fingerprint density at radius 3 is 2.14 bits per heavy atom. The third-order valence-electron chi connectivity index (χ3n) is 8.33. The van der Waals surface area contributed by atoms with E-state index in [-0.39, 0.29) is 29.3 Å². The normalized spacial score (nSPS) is 15.5. The van der Waals surface area contributed by atoms with E-state index in [0.717, 1.165) is 36.9 Å². The molecule has 4 N–H and O–H groups in total. The summed E-state index contributed by atoms with van der Waals surface area (Å²) in [6, 6.07) is 27.6. The minimum atomic E-state index is -1.26. The van der Waals surface area contributed by atoms with Crippen LogP contribution in [0.1, 0.15) is 33.1 Å². The fourth-order valence-corrected chi connectivity index (χ4v) is 7.16. The van der Waals surface area contributed by atoms with Gasteiger partial charge < -0.3 is 30.1 Å². The number of ether oxygens (including phenoxy) is 1. The minimum absolute atomic E-state index is 0.0708. The topological polar surface area (TPSA) is 148 Å². The van der Waals surface area contributed by atoms with Gasteiger partial charge in [0.25, 0.3) is 0 Å². The number of rotatable bonds is 8. The largest absolute Gasteiger partial charge is 0.508 e. The van der Waals surface area contributed by atoms with Gasteiger partial charge in [-0.1, -0.05) is 42.1 Å². The van der Waals surface area contributed by atoms with Gasteiger partial charge in [0.2, 0.25) is 0 Å². The van der Waals surface area contributed by atoms with Crippen LogP contribution in [-0.4, -0.2) is 94.5 Å². The number of aliphatic carboxylic acids is 2. The third kappa shape index (κ3) is 11.6. The number of carboxylic acids is 2. The summed E-state index contributed by atoms with van der Waals surface area (Å²) < 4.78 is 5.04. The van der Waals surface area contributed by atoms with E-state index in [1.807, 2.05) is 23.5 Å². The Morgan fingerprint density at radius 1 is 0.863 bits per heavy atom. The Kier molecular flexibility index (Phi) is 14.6. The molecule has 268 valence electrons. The summed E-state index contributed by atoms with van der Waals surface area (Å²) in [6.07, 6.45) is 4.59. The van der Waals surface area contributed by atoms with Crippen molar-refractivity contribution in [3.8, 4) is 17.2 Å². The van der Waals surface area contributed by atoms with Crippen molar-refractivity contribution in [1.82, 2.24) is 9.80 Å². The van der Waals surface area contributed by atoms with Crippen LogP contribution in [0.4, 0.5) is 0 Å². The Labute approximate surface area is 306 Å². The highest BCUT2D eigenvalue weighted by Gasteiger charge is 2.29. The third-order valence-corrected chi connectivity index (χ3v) is 10.3. The number of thioether (sulfide) groups is 1. The number of phenols is 2. The maximum atomic E-state index is 12.0. The summed E-state index contributed by atoms with van der Waals surface area (Å²) >= 11 is 3.79. The van der Waals surface area contributed by atoms with Crippen LogP contribution >= 0.6 is 23.5 Å². The molecule has 1 fully saturated rings. The molecule has 0 aromatic heterocycles. The van der Waals surface area contributed by atoms with Crippen molar-refractivity contribution in [3.05, 3.63) is 119 Å². The SMILES string of the molecule is COc1ccc(CC(=O)c2ccc(O)cc2O)cc1.CSc1ccc2c(c1)C(N1CCN(C)CC1)Cc1ccccc1S2.O=C(O)C=CC(=O)O. The first-order valence-corrected chi connectivity index (χ1v) is 18.2. The zero-order valence-electron chi connectivity index (χ0n) is 28.7. The van der Waals surface area contributed by atoms with Crippen LogP contribution in [0.3, 0.4) is 0 Å². The molecular weight excluding hydrogens is 689 g/mol. The van der Waals surface area contributed by atoms with E-state index < -0.39 is 11.9 Å². The number of Topliss-reactive ketones (excluding diaryl/α,β-unsaturated/α-hetero) is 1. The number of aromatic hydroxyl groups is 2. The van der Waals surface area contributed by atoms with Crippen LogP contribution in [0.5, 0.6) is 17.2 Å². The zero-order valence-corrected chi connectivity index (χ0v) is 30.3. The molecule has 0 amide bonds. The van der Waals surface area contributed by atoms with Gasteiger partial charge in [-0.3, -0.25) is 9.69 Å². The molecule has 2 aliphatic rings. The monoisotopic (exact) mass is 730 g/mol. The van der Waals surface area contributed by atoms with Crippen molar-refractivity contribution >= 4 is 41.2 Å². The average Bonchev–Trinajstić information content (AvgIpc) is 3.28. The van der Waals surface area contributed by atoms with E-state index in [1.54, 1.807) is 31.4 Å². The van der Waals surface area contributed by atoms with Crippen LogP contribution < -0.4 is 4.74 Å². The number of hydrogen-bond acceptors (Lipinski definition) is 10. The molecule has 0 bridgehead atoms. The summed E-state index contributed by atoms with van der Waals surface area (Å²) in [6.45, 7) is 4.67.